The lowest BCUT2D eigenvalue weighted by atomic mass is 10.1. The number of nitrogens with zero attached hydrogens (tertiary/aromatic N) is 3. The maximum Gasteiger partial charge on any atom is 0.229 e. The minimum absolute atomic E-state index is 0.0108. The second-order valence-corrected chi connectivity index (χ2v) is 6.22. The minimum atomic E-state index is -0.0209. The second kappa shape index (κ2) is 5.36. The molecule has 2 aromatic heterocycles. The number of hydrogen-bond donors (Lipinski definition) is 2. The Kier molecular flexibility index (Phi) is 3.30. The van der Waals surface area contributed by atoms with Crippen molar-refractivity contribution in [3.8, 4) is 5.75 Å². The van der Waals surface area contributed by atoms with Gasteiger partial charge in [0.05, 0.1) is 18.2 Å². The van der Waals surface area contributed by atoms with Gasteiger partial charge >= 0.3 is 0 Å². The van der Waals surface area contributed by atoms with Crippen LogP contribution < -0.4 is 10.1 Å². The summed E-state index contributed by atoms with van der Waals surface area (Å²) in [6.45, 7) is 1.91. The summed E-state index contributed by atoms with van der Waals surface area (Å²) in [4.78, 5) is 12.6. The first-order valence-electron chi connectivity index (χ1n) is 7.91. The van der Waals surface area contributed by atoms with E-state index in [1.54, 1.807) is 11.8 Å². The summed E-state index contributed by atoms with van der Waals surface area (Å²) >= 11 is 0. The molecule has 0 unspecified atom stereocenters. The van der Waals surface area contributed by atoms with E-state index in [1.165, 1.54) is 0 Å². The molecular formula is C17H19N5O2. The quantitative estimate of drug-likeness (QED) is 0.771. The molecule has 0 radical (unpaired) electrons. The summed E-state index contributed by atoms with van der Waals surface area (Å²) in [6.07, 6.45) is 0.850. The van der Waals surface area contributed by atoms with Crippen LogP contribution in [0.5, 0.6) is 5.75 Å². The van der Waals surface area contributed by atoms with E-state index >= 15 is 0 Å². The Hall–Kier alpha value is -2.83. The lowest BCUT2D eigenvalue weighted by Crippen LogP contribution is -2.15. The number of ether oxygens (including phenoxy) is 1. The SMILES string of the molecule is COc1cccc([C@H]2C[C@@H]2C(=O)Nc2[nH]nc3c2c(C)nn3C)c1. The molecule has 0 bridgehead atoms. The topological polar surface area (TPSA) is 84.8 Å². The molecule has 1 aliphatic carbocycles. The van der Waals surface area contributed by atoms with Crippen molar-refractivity contribution < 1.29 is 9.53 Å². The molecule has 7 heteroatoms. The number of rotatable bonds is 4. The normalized spacial score (nSPS) is 19.5. The van der Waals surface area contributed by atoms with Crippen molar-refractivity contribution in [3.05, 3.63) is 35.5 Å². The van der Waals surface area contributed by atoms with Gasteiger partial charge in [-0.1, -0.05) is 12.1 Å². The first-order chi connectivity index (χ1) is 11.6. The smallest absolute Gasteiger partial charge is 0.229 e. The fraction of sp³-hybridized carbons (Fsp3) is 0.353. The molecule has 1 aliphatic rings. The van der Waals surface area contributed by atoms with Crippen LogP contribution in [0.4, 0.5) is 5.82 Å². The average molecular weight is 325 g/mol. The van der Waals surface area contributed by atoms with E-state index in [0.29, 0.717) is 5.82 Å². The maximum absolute atomic E-state index is 12.6. The highest BCUT2D eigenvalue weighted by Gasteiger charge is 2.44. The van der Waals surface area contributed by atoms with Crippen LogP contribution in [0.3, 0.4) is 0 Å². The molecule has 1 saturated carbocycles. The van der Waals surface area contributed by atoms with Crippen molar-refractivity contribution in [2.75, 3.05) is 12.4 Å². The van der Waals surface area contributed by atoms with Crippen molar-refractivity contribution in [3.63, 3.8) is 0 Å². The molecule has 0 saturated heterocycles. The molecule has 0 spiro atoms. The molecule has 24 heavy (non-hydrogen) atoms. The Morgan fingerprint density at radius 2 is 2.29 bits per heavy atom. The summed E-state index contributed by atoms with van der Waals surface area (Å²) in [5.74, 6) is 1.68. The van der Waals surface area contributed by atoms with Crippen molar-refractivity contribution in [2.45, 2.75) is 19.3 Å². The predicted octanol–water partition coefficient (Wildman–Crippen LogP) is 2.36. The number of carbonyl (C=O) groups is 1. The van der Waals surface area contributed by atoms with Gasteiger partial charge in [-0.15, -0.1) is 0 Å². The van der Waals surface area contributed by atoms with E-state index < -0.39 is 0 Å². The Balaban J connectivity index is 1.51. The largest absolute Gasteiger partial charge is 0.497 e. The summed E-state index contributed by atoms with van der Waals surface area (Å²) < 4.78 is 6.96. The van der Waals surface area contributed by atoms with E-state index in [4.69, 9.17) is 4.74 Å². The number of aryl methyl sites for hydroxylation is 2. The third-order valence-corrected chi connectivity index (χ3v) is 4.61. The van der Waals surface area contributed by atoms with Gasteiger partial charge in [0.2, 0.25) is 5.91 Å². The molecular weight excluding hydrogens is 306 g/mol. The molecule has 3 aromatic rings. The Bertz CT molecular complexity index is 926. The molecule has 124 valence electrons. The molecule has 2 heterocycles. The maximum atomic E-state index is 12.6. The first kappa shape index (κ1) is 14.7. The standard InChI is InChI=1S/C17H19N5O2/c1-9-14-15(19-20-16(14)22(2)21-9)18-17(23)13-8-12(13)10-5-4-6-11(7-10)24-3/h4-7,12-13H,8H2,1-3H3,(H2,18,19,20,23)/t12-,13+/m1/s1. The number of carbonyl (C=O) groups excluding carboxylic acids is 1. The third kappa shape index (κ3) is 2.33. The molecule has 1 amide bonds. The van der Waals surface area contributed by atoms with Crippen LogP contribution in [-0.2, 0) is 11.8 Å². The fourth-order valence-corrected chi connectivity index (χ4v) is 3.26. The van der Waals surface area contributed by atoms with Crippen LogP contribution in [0, 0.1) is 12.8 Å². The number of H-pyrrole nitrogens is 1. The van der Waals surface area contributed by atoms with E-state index in [0.717, 1.165) is 34.5 Å². The Morgan fingerprint density at radius 3 is 3.08 bits per heavy atom. The van der Waals surface area contributed by atoms with Gasteiger partial charge in [-0.2, -0.15) is 10.2 Å². The van der Waals surface area contributed by atoms with Crippen LogP contribution in [0.25, 0.3) is 11.0 Å². The highest BCUT2D eigenvalue weighted by Crippen LogP contribution is 2.48. The van der Waals surface area contributed by atoms with Crippen LogP contribution in [0.1, 0.15) is 23.6 Å². The zero-order valence-corrected chi connectivity index (χ0v) is 13.8. The molecule has 1 fully saturated rings. The van der Waals surface area contributed by atoms with Gasteiger partial charge < -0.3 is 10.1 Å². The monoisotopic (exact) mass is 325 g/mol. The third-order valence-electron chi connectivity index (χ3n) is 4.61. The number of benzene rings is 1. The molecule has 1 aromatic carbocycles. The van der Waals surface area contributed by atoms with Crippen LogP contribution in [-0.4, -0.2) is 33.0 Å². The summed E-state index contributed by atoms with van der Waals surface area (Å²) in [5, 5.41) is 15.3. The number of methoxy groups -OCH3 is 1. The number of nitrogens with one attached hydrogen (secondary N) is 2. The fourth-order valence-electron chi connectivity index (χ4n) is 3.26. The van der Waals surface area contributed by atoms with E-state index in [1.807, 2.05) is 38.2 Å². The lowest BCUT2D eigenvalue weighted by molar-refractivity contribution is -0.117. The van der Waals surface area contributed by atoms with Crippen molar-refractivity contribution in [2.24, 2.45) is 13.0 Å². The molecule has 0 aliphatic heterocycles. The van der Waals surface area contributed by atoms with Gasteiger partial charge in [0.15, 0.2) is 5.65 Å². The van der Waals surface area contributed by atoms with Crippen molar-refractivity contribution in [1.29, 1.82) is 0 Å². The zero-order chi connectivity index (χ0) is 16.8. The van der Waals surface area contributed by atoms with Gasteiger partial charge in [-0.05, 0) is 37.0 Å². The molecule has 2 N–H and O–H groups in total. The number of aromatic nitrogens is 4. The highest BCUT2D eigenvalue weighted by molar-refractivity contribution is 6.02. The number of aromatic amines is 1. The van der Waals surface area contributed by atoms with Crippen LogP contribution in [0.2, 0.25) is 0 Å². The van der Waals surface area contributed by atoms with Crippen molar-refractivity contribution in [1.82, 2.24) is 20.0 Å². The van der Waals surface area contributed by atoms with Gasteiger partial charge in [-0.25, -0.2) is 4.68 Å². The molecule has 7 nitrogen and oxygen atoms in total. The van der Waals surface area contributed by atoms with Crippen LogP contribution in [0.15, 0.2) is 24.3 Å². The number of hydrogen-bond acceptors (Lipinski definition) is 4. The van der Waals surface area contributed by atoms with E-state index in [2.05, 4.69) is 20.6 Å². The number of amides is 1. The zero-order valence-electron chi connectivity index (χ0n) is 13.8. The van der Waals surface area contributed by atoms with Gasteiger partial charge in [0, 0.05) is 13.0 Å². The highest BCUT2D eigenvalue weighted by atomic mass is 16.5. The average Bonchev–Trinajstić information content (AvgIpc) is 3.20. The second-order valence-electron chi connectivity index (χ2n) is 6.22. The van der Waals surface area contributed by atoms with Gasteiger partial charge in [-0.3, -0.25) is 9.89 Å². The number of anilines is 1. The van der Waals surface area contributed by atoms with Gasteiger partial charge in [0.25, 0.3) is 0 Å². The van der Waals surface area contributed by atoms with E-state index in [-0.39, 0.29) is 17.7 Å². The molecule has 4 rings (SSSR count). The van der Waals surface area contributed by atoms with Crippen LogP contribution >= 0.6 is 0 Å². The summed E-state index contributed by atoms with van der Waals surface area (Å²) in [6, 6.07) is 7.91. The van der Waals surface area contributed by atoms with Gasteiger partial charge in [0.1, 0.15) is 11.6 Å². The first-order valence-corrected chi connectivity index (χ1v) is 7.91. The lowest BCUT2D eigenvalue weighted by Gasteiger charge is -2.05. The Labute approximate surface area is 139 Å². The molecule has 2 atom stereocenters. The minimum Gasteiger partial charge on any atom is -0.497 e. The van der Waals surface area contributed by atoms with E-state index in [9.17, 15) is 4.79 Å². The van der Waals surface area contributed by atoms with Crippen molar-refractivity contribution >= 4 is 22.8 Å². The Morgan fingerprint density at radius 1 is 1.46 bits per heavy atom. The summed E-state index contributed by atoms with van der Waals surface area (Å²) in [7, 11) is 3.48. The number of fused-ring (bicyclic) bond motifs is 1. The summed E-state index contributed by atoms with van der Waals surface area (Å²) in [5.41, 5.74) is 2.72. The predicted molar refractivity (Wildman–Crippen MR) is 90.1 cm³/mol.